The van der Waals surface area contributed by atoms with Crippen LogP contribution in [0.15, 0.2) is 24.3 Å². The molecule has 0 bridgehead atoms. The highest BCUT2D eigenvalue weighted by Gasteiger charge is 2.20. The van der Waals surface area contributed by atoms with Gasteiger partial charge in [-0.3, -0.25) is 4.79 Å². The molecule has 0 aliphatic carbocycles. The van der Waals surface area contributed by atoms with Crippen LogP contribution in [0.2, 0.25) is 5.02 Å². The first-order valence-corrected chi connectivity index (χ1v) is 5.59. The average Bonchev–Trinajstić information content (AvgIpc) is 2.16. The number of hydrogen-bond donors (Lipinski definition) is 2. The summed E-state index contributed by atoms with van der Waals surface area (Å²) in [6.45, 7) is 3.93. The summed E-state index contributed by atoms with van der Waals surface area (Å²) < 4.78 is 0. The minimum atomic E-state index is -0.825. The van der Waals surface area contributed by atoms with E-state index in [0.29, 0.717) is 11.6 Å². The zero-order valence-corrected chi connectivity index (χ0v) is 10.3. The van der Waals surface area contributed by atoms with Crippen LogP contribution < -0.4 is 11.1 Å². The average molecular weight is 241 g/mol. The number of halogens is 1. The minimum Gasteiger partial charge on any atom is -0.354 e. The third-order valence-electron chi connectivity index (χ3n) is 2.17. The molecule has 3 nitrogen and oxygen atoms in total. The Labute approximate surface area is 101 Å². The number of carbonyl (C=O) groups excluding carboxylic acids is 1. The molecule has 1 amide bonds. The van der Waals surface area contributed by atoms with Crippen LogP contribution in [0.3, 0.4) is 0 Å². The second-order valence-electron chi connectivity index (χ2n) is 4.36. The van der Waals surface area contributed by atoms with Crippen LogP contribution in [0.5, 0.6) is 0 Å². The minimum absolute atomic E-state index is 0.144. The van der Waals surface area contributed by atoms with E-state index in [-0.39, 0.29) is 5.91 Å². The smallest absolute Gasteiger partial charge is 0.239 e. The largest absolute Gasteiger partial charge is 0.354 e. The van der Waals surface area contributed by atoms with Crippen molar-refractivity contribution in [2.45, 2.75) is 25.8 Å². The first-order valence-electron chi connectivity index (χ1n) is 5.21. The molecule has 0 aliphatic rings. The van der Waals surface area contributed by atoms with Crippen LogP contribution in [0.4, 0.5) is 0 Å². The Bertz CT molecular complexity index is 372. The van der Waals surface area contributed by atoms with E-state index in [1.165, 1.54) is 0 Å². The fourth-order valence-corrected chi connectivity index (χ4v) is 1.45. The maximum absolute atomic E-state index is 11.5. The summed E-state index contributed by atoms with van der Waals surface area (Å²) in [7, 11) is 0. The van der Waals surface area contributed by atoms with Gasteiger partial charge in [-0.1, -0.05) is 23.7 Å². The summed E-state index contributed by atoms with van der Waals surface area (Å²) in [6, 6.07) is 7.59. The van der Waals surface area contributed by atoms with Crippen LogP contribution >= 0.6 is 11.6 Å². The quantitative estimate of drug-likeness (QED) is 0.842. The van der Waals surface area contributed by atoms with E-state index in [0.717, 1.165) is 12.0 Å². The third-order valence-corrected chi connectivity index (χ3v) is 2.41. The Kier molecular flexibility index (Phi) is 4.33. The first kappa shape index (κ1) is 13.0. The molecule has 0 atom stereocenters. The van der Waals surface area contributed by atoms with Crippen LogP contribution in [0, 0.1) is 0 Å². The van der Waals surface area contributed by atoms with Gasteiger partial charge < -0.3 is 11.1 Å². The molecule has 0 unspecified atom stereocenters. The molecule has 0 spiro atoms. The molecule has 0 aliphatic heterocycles. The molecule has 0 saturated carbocycles. The van der Waals surface area contributed by atoms with Gasteiger partial charge in [0.05, 0.1) is 5.54 Å². The van der Waals surface area contributed by atoms with E-state index in [1.807, 2.05) is 24.3 Å². The molecule has 0 aromatic heterocycles. The van der Waals surface area contributed by atoms with Crippen LogP contribution in [0.25, 0.3) is 0 Å². The summed E-state index contributed by atoms with van der Waals surface area (Å²) in [4.78, 5) is 11.5. The lowest BCUT2D eigenvalue weighted by molar-refractivity contribution is -0.125. The summed E-state index contributed by atoms with van der Waals surface area (Å²) in [6.07, 6.45) is 0.752. The highest BCUT2D eigenvalue weighted by molar-refractivity contribution is 6.30. The maximum Gasteiger partial charge on any atom is 0.239 e. The number of hydrogen-bond acceptors (Lipinski definition) is 2. The second kappa shape index (κ2) is 5.32. The fraction of sp³-hybridized carbons (Fsp3) is 0.417. The molecule has 3 N–H and O–H groups in total. The van der Waals surface area contributed by atoms with Crippen LogP contribution in [0.1, 0.15) is 19.4 Å². The molecule has 1 aromatic rings. The number of nitrogens with one attached hydrogen (secondary N) is 1. The number of rotatable bonds is 4. The Balaban J connectivity index is 2.39. The van der Waals surface area contributed by atoms with Gasteiger partial charge in [-0.25, -0.2) is 0 Å². The summed E-state index contributed by atoms with van der Waals surface area (Å²) >= 11 is 5.85. The second-order valence-corrected chi connectivity index (χ2v) is 4.79. The molecular formula is C12H17ClN2O. The van der Waals surface area contributed by atoms with Crippen molar-refractivity contribution in [1.82, 2.24) is 5.32 Å². The fourth-order valence-electron chi connectivity index (χ4n) is 1.24. The van der Waals surface area contributed by atoms with Gasteiger partial charge in [-0.2, -0.15) is 0 Å². The molecule has 0 radical (unpaired) electrons. The van der Waals surface area contributed by atoms with Gasteiger partial charge in [0, 0.05) is 11.6 Å². The van der Waals surface area contributed by atoms with Gasteiger partial charge in [0.2, 0.25) is 5.91 Å². The van der Waals surface area contributed by atoms with Crippen molar-refractivity contribution in [3.63, 3.8) is 0 Å². The van der Waals surface area contributed by atoms with Gasteiger partial charge in [0.15, 0.2) is 0 Å². The molecule has 1 rings (SSSR count). The SMILES string of the molecule is CC(C)(N)C(=O)NCCc1cccc(Cl)c1. The molecule has 0 saturated heterocycles. The number of carbonyl (C=O) groups is 1. The van der Waals surface area contributed by atoms with Gasteiger partial charge in [0.1, 0.15) is 0 Å². The van der Waals surface area contributed by atoms with E-state index >= 15 is 0 Å². The van der Waals surface area contributed by atoms with E-state index < -0.39 is 5.54 Å². The van der Waals surface area contributed by atoms with Crippen molar-refractivity contribution in [1.29, 1.82) is 0 Å². The lowest BCUT2D eigenvalue weighted by Crippen LogP contribution is -2.49. The van der Waals surface area contributed by atoms with Gasteiger partial charge >= 0.3 is 0 Å². The first-order chi connectivity index (χ1) is 7.39. The normalized spacial score (nSPS) is 11.2. The number of benzene rings is 1. The molecule has 16 heavy (non-hydrogen) atoms. The Hall–Kier alpha value is -1.06. The lowest BCUT2D eigenvalue weighted by atomic mass is 10.1. The molecule has 0 fully saturated rings. The van der Waals surface area contributed by atoms with Crippen molar-refractivity contribution in [2.24, 2.45) is 5.73 Å². The predicted octanol–water partition coefficient (Wildman–Crippen LogP) is 1.74. The highest BCUT2D eigenvalue weighted by Crippen LogP contribution is 2.10. The third kappa shape index (κ3) is 4.21. The van der Waals surface area contributed by atoms with Crippen LogP contribution in [-0.4, -0.2) is 18.0 Å². The van der Waals surface area contributed by atoms with Crippen molar-refractivity contribution in [3.05, 3.63) is 34.9 Å². The molecule has 0 heterocycles. The lowest BCUT2D eigenvalue weighted by Gasteiger charge is -2.17. The summed E-state index contributed by atoms with van der Waals surface area (Å²) in [5, 5.41) is 3.49. The Morgan fingerprint density at radius 2 is 2.19 bits per heavy atom. The summed E-state index contributed by atoms with van der Waals surface area (Å²) in [5.41, 5.74) is 5.92. The zero-order valence-electron chi connectivity index (χ0n) is 9.59. The summed E-state index contributed by atoms with van der Waals surface area (Å²) in [5.74, 6) is -0.144. The van der Waals surface area contributed by atoms with Gasteiger partial charge in [0.25, 0.3) is 0 Å². The van der Waals surface area contributed by atoms with E-state index in [1.54, 1.807) is 13.8 Å². The molecule has 1 aromatic carbocycles. The standard InChI is InChI=1S/C12H17ClN2O/c1-12(2,14)11(16)15-7-6-9-4-3-5-10(13)8-9/h3-5,8H,6-7,14H2,1-2H3,(H,15,16). The van der Waals surface area contributed by atoms with Gasteiger partial charge in [-0.15, -0.1) is 0 Å². The number of nitrogens with two attached hydrogens (primary N) is 1. The predicted molar refractivity (Wildman–Crippen MR) is 66.4 cm³/mol. The van der Waals surface area contributed by atoms with E-state index in [9.17, 15) is 4.79 Å². The molecule has 88 valence electrons. The van der Waals surface area contributed by atoms with Crippen LogP contribution in [-0.2, 0) is 11.2 Å². The number of amides is 1. The maximum atomic E-state index is 11.5. The molecule has 4 heteroatoms. The van der Waals surface area contributed by atoms with Crippen molar-refractivity contribution < 1.29 is 4.79 Å². The van der Waals surface area contributed by atoms with Gasteiger partial charge in [-0.05, 0) is 38.0 Å². The Morgan fingerprint density at radius 3 is 2.75 bits per heavy atom. The highest BCUT2D eigenvalue weighted by atomic mass is 35.5. The van der Waals surface area contributed by atoms with Crippen molar-refractivity contribution in [2.75, 3.05) is 6.54 Å². The monoisotopic (exact) mass is 240 g/mol. The van der Waals surface area contributed by atoms with Crippen molar-refractivity contribution in [3.8, 4) is 0 Å². The Morgan fingerprint density at radius 1 is 1.50 bits per heavy atom. The van der Waals surface area contributed by atoms with E-state index in [2.05, 4.69) is 5.32 Å². The zero-order chi connectivity index (χ0) is 12.2. The van der Waals surface area contributed by atoms with Crippen molar-refractivity contribution >= 4 is 17.5 Å². The van der Waals surface area contributed by atoms with E-state index in [4.69, 9.17) is 17.3 Å². The molecular weight excluding hydrogens is 224 g/mol. The topological polar surface area (TPSA) is 55.1 Å².